The summed E-state index contributed by atoms with van der Waals surface area (Å²) in [5.41, 5.74) is 8.63. The van der Waals surface area contributed by atoms with Crippen molar-refractivity contribution in [1.29, 1.82) is 0 Å². The van der Waals surface area contributed by atoms with Crippen LogP contribution in [0.3, 0.4) is 0 Å². The first-order chi connectivity index (χ1) is 12.4. The largest absolute Gasteiger partial charge is 0.385 e. The summed E-state index contributed by atoms with van der Waals surface area (Å²) in [4.78, 5) is 4.41. The molecule has 1 heterocycles. The minimum atomic E-state index is -0.349. The molecule has 0 aliphatic rings. The number of allylic oxidation sites excluding steroid dienone is 1. The summed E-state index contributed by atoms with van der Waals surface area (Å²) in [6.07, 6.45) is 1.64. The van der Waals surface area contributed by atoms with E-state index in [4.69, 9.17) is 17.3 Å². The third-order valence-corrected chi connectivity index (χ3v) is 3.98. The molecule has 0 spiro atoms. The minimum absolute atomic E-state index is 0.316. The van der Waals surface area contributed by atoms with E-state index in [0.717, 1.165) is 5.56 Å². The van der Waals surface area contributed by atoms with Crippen LogP contribution in [-0.2, 0) is 0 Å². The van der Waals surface area contributed by atoms with E-state index in [0.29, 0.717) is 39.0 Å². The molecule has 0 saturated carbocycles. The van der Waals surface area contributed by atoms with Gasteiger partial charge in [-0.25, -0.2) is 4.39 Å². The number of aromatic nitrogens is 2. The second-order valence-corrected chi connectivity index (χ2v) is 6.07. The number of H-pyrrole nitrogens is 1. The Bertz CT molecular complexity index is 1040. The van der Waals surface area contributed by atoms with Crippen molar-refractivity contribution in [2.45, 2.75) is 6.92 Å². The quantitative estimate of drug-likeness (QED) is 0.570. The third kappa shape index (κ3) is 3.92. The lowest BCUT2D eigenvalue weighted by Gasteiger charge is -2.06. The van der Waals surface area contributed by atoms with Crippen molar-refractivity contribution in [2.75, 3.05) is 5.32 Å². The molecule has 7 heteroatoms. The molecule has 0 unspecified atom stereocenters. The van der Waals surface area contributed by atoms with Gasteiger partial charge < -0.3 is 11.1 Å². The molecule has 132 valence electrons. The molecule has 0 saturated heterocycles. The second kappa shape index (κ2) is 7.41. The Labute approximate surface area is 155 Å². The van der Waals surface area contributed by atoms with Gasteiger partial charge in [0, 0.05) is 21.7 Å². The lowest BCUT2D eigenvalue weighted by Crippen LogP contribution is -2.11. The molecule has 1 aromatic heterocycles. The summed E-state index contributed by atoms with van der Waals surface area (Å²) in [6, 6.07) is 11.7. The molecule has 3 aromatic rings. The van der Waals surface area contributed by atoms with Crippen molar-refractivity contribution in [3.05, 3.63) is 77.3 Å². The van der Waals surface area contributed by atoms with E-state index in [-0.39, 0.29) is 5.82 Å². The predicted molar refractivity (Wildman–Crippen MR) is 106 cm³/mol. The topological polar surface area (TPSA) is 79.1 Å². The molecule has 4 N–H and O–H groups in total. The SMILES string of the molecule is C=C(/N=C(C)\C=C(/N)Nc1n[nH]c2ccc(F)cc12)c1ccccc1Cl. The Morgan fingerprint density at radius 2 is 2.12 bits per heavy atom. The molecule has 0 amide bonds. The number of benzene rings is 2. The highest BCUT2D eigenvalue weighted by atomic mass is 35.5. The number of hydrogen-bond donors (Lipinski definition) is 3. The normalized spacial score (nSPS) is 12.4. The van der Waals surface area contributed by atoms with E-state index in [2.05, 4.69) is 27.1 Å². The van der Waals surface area contributed by atoms with Crippen molar-refractivity contribution in [3.8, 4) is 0 Å². The Kier molecular flexibility index (Phi) is 5.04. The Morgan fingerprint density at radius 3 is 2.88 bits per heavy atom. The number of hydrogen-bond acceptors (Lipinski definition) is 4. The molecule has 0 aliphatic carbocycles. The highest BCUT2D eigenvalue weighted by molar-refractivity contribution is 6.32. The number of aromatic amines is 1. The maximum absolute atomic E-state index is 13.4. The predicted octanol–water partition coefficient (Wildman–Crippen LogP) is 4.70. The van der Waals surface area contributed by atoms with Crippen LogP contribution >= 0.6 is 11.6 Å². The third-order valence-electron chi connectivity index (χ3n) is 3.65. The van der Waals surface area contributed by atoms with Gasteiger partial charge in [-0.2, -0.15) is 5.10 Å². The molecule has 3 rings (SSSR count). The molecule has 26 heavy (non-hydrogen) atoms. The highest BCUT2D eigenvalue weighted by Crippen LogP contribution is 2.24. The second-order valence-electron chi connectivity index (χ2n) is 5.67. The molecule has 0 aliphatic heterocycles. The van der Waals surface area contributed by atoms with Crippen LogP contribution in [0, 0.1) is 5.82 Å². The number of nitrogens with zero attached hydrogens (tertiary/aromatic N) is 2. The molecule has 2 aromatic carbocycles. The first-order valence-electron chi connectivity index (χ1n) is 7.81. The Balaban J connectivity index is 1.79. The molecule has 0 atom stereocenters. The number of aliphatic imine (C=N–C) groups is 1. The van der Waals surface area contributed by atoms with Crippen molar-refractivity contribution >= 4 is 39.7 Å². The first-order valence-corrected chi connectivity index (χ1v) is 8.19. The lowest BCUT2D eigenvalue weighted by atomic mass is 10.2. The Morgan fingerprint density at radius 1 is 1.35 bits per heavy atom. The zero-order valence-electron chi connectivity index (χ0n) is 14.1. The van der Waals surface area contributed by atoms with Crippen LogP contribution in [-0.4, -0.2) is 15.9 Å². The molecule has 5 nitrogen and oxygen atoms in total. The van der Waals surface area contributed by atoms with E-state index in [1.165, 1.54) is 12.1 Å². The van der Waals surface area contributed by atoms with Crippen LogP contribution in [0.1, 0.15) is 12.5 Å². The Hall–Kier alpha value is -3.12. The van der Waals surface area contributed by atoms with E-state index in [9.17, 15) is 4.39 Å². The molecular weight excluding hydrogens is 353 g/mol. The zero-order valence-corrected chi connectivity index (χ0v) is 14.8. The van der Waals surface area contributed by atoms with Gasteiger partial charge in [-0.15, -0.1) is 0 Å². The van der Waals surface area contributed by atoms with Gasteiger partial charge in [0.2, 0.25) is 0 Å². The van der Waals surface area contributed by atoms with Gasteiger partial charge in [0.05, 0.1) is 11.2 Å². The molecule has 0 fully saturated rings. The number of nitrogens with two attached hydrogens (primary N) is 1. The van der Waals surface area contributed by atoms with Crippen molar-refractivity contribution < 1.29 is 4.39 Å². The van der Waals surface area contributed by atoms with Gasteiger partial charge in [0.15, 0.2) is 5.82 Å². The van der Waals surface area contributed by atoms with E-state index in [1.54, 1.807) is 25.1 Å². The summed E-state index contributed by atoms with van der Waals surface area (Å²) in [5.74, 6) is 0.403. The number of halogens is 2. The van der Waals surface area contributed by atoms with Gasteiger partial charge in [0.25, 0.3) is 0 Å². The zero-order chi connectivity index (χ0) is 18.7. The average Bonchev–Trinajstić information content (AvgIpc) is 2.97. The summed E-state index contributed by atoms with van der Waals surface area (Å²) >= 11 is 6.15. The van der Waals surface area contributed by atoms with Crippen LogP contribution in [0.5, 0.6) is 0 Å². The first kappa shape index (κ1) is 17.7. The van der Waals surface area contributed by atoms with E-state index >= 15 is 0 Å². The minimum Gasteiger partial charge on any atom is -0.385 e. The number of rotatable bonds is 5. The van der Waals surface area contributed by atoms with Gasteiger partial charge in [-0.1, -0.05) is 36.4 Å². The van der Waals surface area contributed by atoms with Crippen LogP contribution in [0.25, 0.3) is 16.6 Å². The summed E-state index contributed by atoms with van der Waals surface area (Å²) in [7, 11) is 0. The van der Waals surface area contributed by atoms with Gasteiger partial charge in [0.1, 0.15) is 11.6 Å². The van der Waals surface area contributed by atoms with Crippen LogP contribution in [0.4, 0.5) is 10.2 Å². The maximum atomic E-state index is 13.4. The molecule has 0 bridgehead atoms. The lowest BCUT2D eigenvalue weighted by molar-refractivity contribution is 0.630. The molecular formula is C19H17ClFN5. The van der Waals surface area contributed by atoms with E-state index < -0.39 is 0 Å². The standard InChI is InChI=1S/C19H17ClFN5/c1-11(23-12(2)14-5-3-4-6-16(14)20)9-18(22)24-19-15-10-13(21)7-8-17(15)25-26-19/h3-10H,2,22H2,1H3,(H2,24,25,26)/b18-9+,23-11-. The maximum Gasteiger partial charge on any atom is 0.161 e. The highest BCUT2D eigenvalue weighted by Gasteiger charge is 2.07. The fourth-order valence-electron chi connectivity index (χ4n) is 2.48. The average molecular weight is 370 g/mol. The number of fused-ring (bicyclic) bond motifs is 1. The monoisotopic (exact) mass is 369 g/mol. The smallest absolute Gasteiger partial charge is 0.161 e. The molecule has 0 radical (unpaired) electrons. The fraction of sp³-hybridized carbons (Fsp3) is 0.0526. The summed E-state index contributed by atoms with van der Waals surface area (Å²) in [5, 5.41) is 11.0. The van der Waals surface area contributed by atoms with Crippen molar-refractivity contribution in [3.63, 3.8) is 0 Å². The summed E-state index contributed by atoms with van der Waals surface area (Å²) < 4.78 is 13.4. The fourth-order valence-corrected chi connectivity index (χ4v) is 2.72. The van der Waals surface area contributed by atoms with Gasteiger partial charge >= 0.3 is 0 Å². The number of nitrogens with one attached hydrogen (secondary N) is 2. The van der Waals surface area contributed by atoms with Crippen molar-refractivity contribution in [1.82, 2.24) is 10.2 Å². The van der Waals surface area contributed by atoms with Gasteiger partial charge in [-0.05, 0) is 37.3 Å². The van der Waals surface area contributed by atoms with E-state index in [1.807, 2.05) is 18.2 Å². The van der Waals surface area contributed by atoms with Gasteiger partial charge in [-0.3, -0.25) is 10.1 Å². The number of anilines is 1. The van der Waals surface area contributed by atoms with Crippen LogP contribution in [0.2, 0.25) is 5.02 Å². The summed E-state index contributed by atoms with van der Waals surface area (Å²) in [6.45, 7) is 5.73. The van der Waals surface area contributed by atoms with Crippen molar-refractivity contribution in [2.24, 2.45) is 10.7 Å². The van der Waals surface area contributed by atoms with Crippen LogP contribution in [0.15, 0.2) is 65.9 Å². The van der Waals surface area contributed by atoms with Crippen LogP contribution < -0.4 is 11.1 Å².